The van der Waals surface area contributed by atoms with Gasteiger partial charge in [0, 0.05) is 0 Å². The van der Waals surface area contributed by atoms with Gasteiger partial charge in [-0.05, 0) is 59.5 Å². The molecule has 0 aliphatic heterocycles. The van der Waals surface area contributed by atoms with Crippen LogP contribution in [0, 0.1) is 6.92 Å². The Labute approximate surface area is 178 Å². The Morgan fingerprint density at radius 1 is 1.00 bits per heavy atom. The lowest BCUT2D eigenvalue weighted by molar-refractivity contribution is -0.138. The maximum atomic E-state index is 12.6. The molecule has 6 heteroatoms. The number of hydrogen-bond acceptors (Lipinski definition) is 2. The summed E-state index contributed by atoms with van der Waals surface area (Å²) in [7, 11) is 0. The lowest BCUT2D eigenvalue weighted by atomic mass is 9.99. The van der Waals surface area contributed by atoms with E-state index in [0.717, 1.165) is 34.4 Å². The molecule has 0 heterocycles. The molecule has 0 unspecified atom stereocenters. The number of carboxylic acids is 1. The molecule has 0 aliphatic carbocycles. The third-order valence-electron chi connectivity index (χ3n) is 4.55. The Morgan fingerprint density at radius 3 is 2.42 bits per heavy atom. The average Bonchev–Trinajstić information content (AvgIpc) is 2.70. The molecule has 0 fully saturated rings. The predicted octanol–water partition coefficient (Wildman–Crippen LogP) is 6.40. The summed E-state index contributed by atoms with van der Waals surface area (Å²) in [4.78, 5) is 11.0. The summed E-state index contributed by atoms with van der Waals surface area (Å²) in [6, 6.07) is 18.0. The van der Waals surface area contributed by atoms with Gasteiger partial charge in [0.15, 0.2) is 0 Å². The highest BCUT2D eigenvalue weighted by atomic mass is 19.4. The molecule has 3 aromatic rings. The fraction of sp³-hybridized carbons (Fsp3) is 0.160. The van der Waals surface area contributed by atoms with Gasteiger partial charge in [-0.2, -0.15) is 13.2 Å². The maximum Gasteiger partial charge on any atom is 0.416 e. The molecule has 3 nitrogen and oxygen atoms in total. The van der Waals surface area contributed by atoms with E-state index >= 15 is 0 Å². The van der Waals surface area contributed by atoms with Gasteiger partial charge in [-0.3, -0.25) is 4.79 Å². The second kappa shape index (κ2) is 9.51. The van der Waals surface area contributed by atoms with Gasteiger partial charge in [-0.1, -0.05) is 54.1 Å². The van der Waals surface area contributed by atoms with Crippen LogP contribution in [0.4, 0.5) is 13.2 Å². The van der Waals surface area contributed by atoms with Crippen molar-refractivity contribution in [3.05, 3.63) is 95.1 Å². The van der Waals surface area contributed by atoms with Crippen LogP contribution in [-0.2, 0) is 17.4 Å². The molecule has 31 heavy (non-hydrogen) atoms. The molecule has 0 saturated carbocycles. The first-order valence-corrected chi connectivity index (χ1v) is 9.60. The molecule has 3 aromatic carbocycles. The van der Waals surface area contributed by atoms with E-state index in [9.17, 15) is 18.0 Å². The lowest BCUT2D eigenvalue weighted by Crippen LogP contribution is -2.03. The summed E-state index contributed by atoms with van der Waals surface area (Å²) in [5, 5.41) is 9.04. The van der Waals surface area contributed by atoms with Gasteiger partial charge in [0.2, 0.25) is 0 Å². The van der Waals surface area contributed by atoms with Crippen LogP contribution in [0.15, 0.2) is 72.8 Å². The van der Waals surface area contributed by atoms with Crippen LogP contribution in [0.3, 0.4) is 0 Å². The fourth-order valence-corrected chi connectivity index (χ4v) is 3.18. The van der Waals surface area contributed by atoms with Crippen LogP contribution in [0.5, 0.6) is 5.75 Å². The Morgan fingerprint density at radius 2 is 1.74 bits per heavy atom. The highest BCUT2D eigenvalue weighted by Crippen LogP contribution is 2.29. The van der Waals surface area contributed by atoms with E-state index < -0.39 is 17.7 Å². The molecule has 0 aromatic heterocycles. The smallest absolute Gasteiger partial charge is 0.416 e. The van der Waals surface area contributed by atoms with Crippen LogP contribution in [0.25, 0.3) is 17.2 Å². The number of ether oxygens (including phenoxy) is 1. The van der Waals surface area contributed by atoms with Gasteiger partial charge in [-0.25, -0.2) is 0 Å². The zero-order chi connectivity index (χ0) is 22.4. The van der Waals surface area contributed by atoms with E-state index in [1.807, 2.05) is 49.4 Å². The number of alkyl halides is 3. The van der Waals surface area contributed by atoms with E-state index in [0.29, 0.717) is 11.3 Å². The summed E-state index contributed by atoms with van der Waals surface area (Å²) >= 11 is 0. The third-order valence-corrected chi connectivity index (χ3v) is 4.55. The van der Waals surface area contributed by atoms with Gasteiger partial charge in [0.25, 0.3) is 0 Å². The van der Waals surface area contributed by atoms with Gasteiger partial charge in [0.05, 0.1) is 12.0 Å². The van der Waals surface area contributed by atoms with E-state index in [4.69, 9.17) is 9.84 Å². The normalized spacial score (nSPS) is 11.6. The van der Waals surface area contributed by atoms with E-state index in [-0.39, 0.29) is 13.0 Å². The number of hydrogen-bond donors (Lipinski definition) is 1. The van der Waals surface area contributed by atoms with Gasteiger partial charge < -0.3 is 9.84 Å². The molecule has 1 N–H and O–H groups in total. The van der Waals surface area contributed by atoms with Crippen molar-refractivity contribution in [3.63, 3.8) is 0 Å². The SMILES string of the molecule is Cc1cc(CC(=O)O)cc(-c2cccc(OCC=Cc3ccc(C(F)(F)F)cc3)c2)c1. The van der Waals surface area contributed by atoms with Crippen LogP contribution < -0.4 is 4.74 Å². The number of carbonyl (C=O) groups is 1. The first-order chi connectivity index (χ1) is 14.7. The predicted molar refractivity (Wildman–Crippen MR) is 114 cm³/mol. The Hall–Kier alpha value is -3.54. The Kier molecular flexibility index (Phi) is 6.80. The second-order valence-corrected chi connectivity index (χ2v) is 7.14. The number of rotatable bonds is 7. The van der Waals surface area contributed by atoms with Gasteiger partial charge >= 0.3 is 12.1 Å². The van der Waals surface area contributed by atoms with Crippen LogP contribution in [0.2, 0.25) is 0 Å². The first-order valence-electron chi connectivity index (χ1n) is 9.60. The number of halogens is 3. The van der Waals surface area contributed by atoms with Crippen LogP contribution >= 0.6 is 0 Å². The summed E-state index contributed by atoms with van der Waals surface area (Å²) in [5.74, 6) is -0.246. The monoisotopic (exact) mass is 426 g/mol. The number of aliphatic carboxylic acids is 1. The molecule has 0 amide bonds. The molecule has 0 saturated heterocycles. The molecule has 0 spiro atoms. The highest BCUT2D eigenvalue weighted by molar-refractivity contribution is 5.73. The maximum absolute atomic E-state index is 12.6. The molecule has 0 radical (unpaired) electrons. The summed E-state index contributed by atoms with van der Waals surface area (Å²) in [6.07, 6.45) is -0.961. The fourth-order valence-electron chi connectivity index (χ4n) is 3.18. The molecule has 3 rings (SSSR count). The van der Waals surface area contributed by atoms with Crippen molar-refractivity contribution in [1.82, 2.24) is 0 Å². The van der Waals surface area contributed by atoms with Crippen molar-refractivity contribution in [3.8, 4) is 16.9 Å². The van der Waals surface area contributed by atoms with Crippen molar-refractivity contribution >= 4 is 12.0 Å². The summed E-state index contributed by atoms with van der Waals surface area (Å²) in [6.45, 7) is 2.17. The Balaban J connectivity index is 1.65. The topological polar surface area (TPSA) is 46.5 Å². The van der Waals surface area contributed by atoms with Crippen molar-refractivity contribution in [1.29, 1.82) is 0 Å². The largest absolute Gasteiger partial charge is 0.490 e. The lowest BCUT2D eigenvalue weighted by Gasteiger charge is -2.09. The molecule has 160 valence electrons. The Bertz CT molecular complexity index is 1080. The van der Waals surface area contributed by atoms with Gasteiger partial charge in [-0.15, -0.1) is 0 Å². The van der Waals surface area contributed by atoms with E-state index in [1.165, 1.54) is 12.1 Å². The highest BCUT2D eigenvalue weighted by Gasteiger charge is 2.29. The average molecular weight is 426 g/mol. The van der Waals surface area contributed by atoms with E-state index in [1.54, 1.807) is 12.2 Å². The minimum Gasteiger partial charge on any atom is -0.490 e. The summed E-state index contributed by atoms with van der Waals surface area (Å²) < 4.78 is 43.5. The zero-order valence-electron chi connectivity index (χ0n) is 16.8. The molecule has 0 atom stereocenters. The van der Waals surface area contributed by atoms with Crippen molar-refractivity contribution < 1.29 is 27.8 Å². The van der Waals surface area contributed by atoms with Crippen LogP contribution in [0.1, 0.15) is 22.3 Å². The zero-order valence-corrected chi connectivity index (χ0v) is 16.8. The minimum atomic E-state index is -4.35. The molecular formula is C25H21F3O3. The first kappa shape index (κ1) is 22.2. The molecular weight excluding hydrogens is 405 g/mol. The quantitative estimate of drug-likeness (QED) is 0.476. The summed E-state index contributed by atoms with van der Waals surface area (Å²) in [5.41, 5.74) is 3.48. The van der Waals surface area contributed by atoms with E-state index in [2.05, 4.69) is 0 Å². The number of carboxylic acid groups (broad SMARTS) is 1. The van der Waals surface area contributed by atoms with Crippen molar-refractivity contribution in [2.45, 2.75) is 19.5 Å². The van der Waals surface area contributed by atoms with Crippen LogP contribution in [-0.4, -0.2) is 17.7 Å². The molecule has 0 bridgehead atoms. The van der Waals surface area contributed by atoms with Crippen molar-refractivity contribution in [2.75, 3.05) is 6.61 Å². The third kappa shape index (κ3) is 6.47. The minimum absolute atomic E-state index is 0.0420. The second-order valence-electron chi connectivity index (χ2n) is 7.14. The molecule has 0 aliphatic rings. The number of benzene rings is 3. The standard InChI is InChI=1S/C25H21F3O3/c1-17-12-19(15-24(29)30)14-21(13-17)20-5-2-6-23(16-20)31-11-3-4-18-7-9-22(10-8-18)25(26,27)28/h2-10,12-14,16H,11,15H2,1H3,(H,29,30). The number of aryl methyl sites for hydroxylation is 1. The van der Waals surface area contributed by atoms with Gasteiger partial charge in [0.1, 0.15) is 12.4 Å². The van der Waals surface area contributed by atoms with Crippen molar-refractivity contribution in [2.24, 2.45) is 0 Å².